The highest BCUT2D eigenvalue weighted by Gasteiger charge is 2.59. The summed E-state index contributed by atoms with van der Waals surface area (Å²) < 4.78 is 23.6. The van der Waals surface area contributed by atoms with Crippen molar-refractivity contribution in [3.05, 3.63) is 33.7 Å². The number of hydrogen-bond donors (Lipinski definition) is 1. The Bertz CT molecular complexity index is 1660. The molecule has 0 radical (unpaired) electrons. The molecule has 5 fully saturated rings. The molecule has 3 aliphatic heterocycles. The summed E-state index contributed by atoms with van der Waals surface area (Å²) >= 11 is 4.83. The maximum Gasteiger partial charge on any atom is 0.410 e. The van der Waals surface area contributed by atoms with E-state index in [2.05, 4.69) is 32.6 Å². The number of ether oxygens (including phenoxy) is 1. The number of methoxy groups -OCH3 is 1. The number of amides is 2. The van der Waals surface area contributed by atoms with Crippen LogP contribution < -0.4 is 0 Å². The monoisotopic (exact) mass is 627 g/mol. The molecule has 0 spiro atoms. The molecule has 3 unspecified atom stereocenters. The van der Waals surface area contributed by atoms with Crippen molar-refractivity contribution in [2.45, 2.75) is 61.3 Å². The predicted octanol–water partition coefficient (Wildman–Crippen LogP) is 6.09. The molecule has 6 atom stereocenters. The molecular formula is C28H27BrFN5O4S. The van der Waals surface area contributed by atoms with E-state index in [1.165, 1.54) is 23.8 Å². The second kappa shape index (κ2) is 9.24. The van der Waals surface area contributed by atoms with Gasteiger partial charge in [0, 0.05) is 41.4 Å². The van der Waals surface area contributed by atoms with Gasteiger partial charge >= 0.3 is 12.2 Å². The summed E-state index contributed by atoms with van der Waals surface area (Å²) in [6, 6.07) is 5.72. The van der Waals surface area contributed by atoms with E-state index in [9.17, 15) is 20.0 Å². The van der Waals surface area contributed by atoms with Crippen LogP contribution in [0.1, 0.15) is 49.0 Å². The predicted molar refractivity (Wildman–Crippen MR) is 150 cm³/mol. The van der Waals surface area contributed by atoms with Gasteiger partial charge in [-0.1, -0.05) is 0 Å². The Hall–Kier alpha value is -3.04. The normalized spacial score (nSPS) is 28.1. The fourth-order valence-corrected chi connectivity index (χ4v) is 8.55. The summed E-state index contributed by atoms with van der Waals surface area (Å²) in [5, 5.41) is 21.3. The van der Waals surface area contributed by atoms with Gasteiger partial charge in [0.05, 0.1) is 41.3 Å². The van der Waals surface area contributed by atoms with Gasteiger partial charge in [-0.2, -0.15) is 5.26 Å². The number of carbonyl (C=O) groups is 2. The zero-order valence-corrected chi connectivity index (χ0v) is 24.3. The standard InChI is InChI=1S/C28H27BrFN5O4S/c1-39-28(38)34-17-7-13(17)8-18(34)19-10-16-25(35(19)24-14-9-20(24)33(11-14)27(36)37)15-6-12(4-3-5-31)21(29)22(30)23(15)32-26(16)40-2/h6,10,13-14,17-18,20,24H,3-4,7-9,11H2,1-2H3,(H,36,37)/t13?,14-,17?,18?,20+,24+/m1/s1. The van der Waals surface area contributed by atoms with E-state index < -0.39 is 11.9 Å². The van der Waals surface area contributed by atoms with E-state index in [1.54, 1.807) is 0 Å². The molecule has 1 aromatic carbocycles. The molecule has 8 rings (SSSR count). The smallest absolute Gasteiger partial charge is 0.410 e. The molecule has 2 bridgehead atoms. The summed E-state index contributed by atoms with van der Waals surface area (Å²) in [7, 11) is 1.40. The van der Waals surface area contributed by atoms with E-state index in [4.69, 9.17) is 9.72 Å². The Morgan fingerprint density at radius 2 is 2.02 bits per heavy atom. The van der Waals surface area contributed by atoms with Gasteiger partial charge in [-0.05, 0) is 71.5 Å². The van der Waals surface area contributed by atoms with Crippen molar-refractivity contribution >= 4 is 61.7 Å². The lowest BCUT2D eigenvalue weighted by Crippen LogP contribution is -2.43. The van der Waals surface area contributed by atoms with Gasteiger partial charge in [0.1, 0.15) is 10.5 Å². The van der Waals surface area contributed by atoms with Crippen molar-refractivity contribution in [2.75, 3.05) is 19.9 Å². The number of rotatable bonds is 5. The summed E-state index contributed by atoms with van der Waals surface area (Å²) in [4.78, 5) is 33.2. The first-order valence-electron chi connectivity index (χ1n) is 13.4. The second-order valence-electron chi connectivity index (χ2n) is 11.2. The number of aryl methyl sites for hydroxylation is 1. The van der Waals surface area contributed by atoms with Crippen LogP contribution in [0.2, 0.25) is 0 Å². The third-order valence-electron chi connectivity index (χ3n) is 9.35. The number of hydrogen-bond acceptors (Lipinski definition) is 6. The second-order valence-corrected chi connectivity index (χ2v) is 12.8. The van der Waals surface area contributed by atoms with E-state index in [0.717, 1.165) is 35.9 Å². The number of halogens is 2. The topological polar surface area (TPSA) is 112 Å². The average Bonchev–Trinajstić information content (AvgIpc) is 3.32. The van der Waals surface area contributed by atoms with Crippen LogP contribution in [0.4, 0.5) is 14.0 Å². The van der Waals surface area contributed by atoms with Crippen LogP contribution >= 0.6 is 27.7 Å². The molecule has 1 N–H and O–H groups in total. The number of piperidine rings is 1. The fraction of sp³-hybridized carbons (Fsp3) is 0.500. The minimum Gasteiger partial charge on any atom is -0.465 e. The molecule has 2 aliphatic carbocycles. The van der Waals surface area contributed by atoms with Gasteiger partial charge in [-0.15, -0.1) is 11.8 Å². The van der Waals surface area contributed by atoms with Crippen LogP contribution in [0.3, 0.4) is 0 Å². The van der Waals surface area contributed by atoms with Crippen molar-refractivity contribution in [3.63, 3.8) is 0 Å². The lowest BCUT2D eigenvalue weighted by molar-refractivity contribution is 0.104. The van der Waals surface area contributed by atoms with Gasteiger partial charge in [0.15, 0.2) is 5.82 Å². The number of carbonyl (C=O) groups excluding carboxylic acids is 1. The first-order chi connectivity index (χ1) is 19.3. The Balaban J connectivity index is 1.52. The third-order valence-corrected chi connectivity index (χ3v) is 10.9. The number of aromatic nitrogens is 2. The van der Waals surface area contributed by atoms with Crippen LogP contribution in [0, 0.1) is 29.0 Å². The molecule has 9 nitrogen and oxygen atoms in total. The molecule has 40 heavy (non-hydrogen) atoms. The number of pyridine rings is 1. The quantitative estimate of drug-likeness (QED) is 0.340. The van der Waals surface area contributed by atoms with Gasteiger partial charge in [0.2, 0.25) is 0 Å². The maximum atomic E-state index is 15.9. The molecule has 5 heterocycles. The van der Waals surface area contributed by atoms with Crippen molar-refractivity contribution in [1.29, 1.82) is 5.26 Å². The zero-order chi connectivity index (χ0) is 28.0. The molecule has 208 valence electrons. The largest absolute Gasteiger partial charge is 0.465 e. The van der Waals surface area contributed by atoms with Crippen LogP contribution in [0.15, 0.2) is 21.6 Å². The summed E-state index contributed by atoms with van der Waals surface area (Å²) in [5.41, 5.74) is 2.65. The van der Waals surface area contributed by atoms with Crippen LogP contribution in [-0.2, 0) is 11.2 Å². The first-order valence-corrected chi connectivity index (χ1v) is 15.4. The van der Waals surface area contributed by atoms with Gasteiger partial charge < -0.3 is 19.3 Å². The van der Waals surface area contributed by atoms with E-state index in [0.29, 0.717) is 39.3 Å². The lowest BCUT2D eigenvalue weighted by atomic mass is 9.79. The van der Waals surface area contributed by atoms with Crippen LogP contribution in [0.5, 0.6) is 0 Å². The minimum atomic E-state index is -0.934. The number of fused-ring (bicyclic) bond motifs is 5. The number of benzene rings is 1. The molecular weight excluding hydrogens is 601 g/mol. The van der Waals surface area contributed by atoms with Crippen molar-refractivity contribution in [2.24, 2.45) is 11.8 Å². The first kappa shape index (κ1) is 25.9. The van der Waals surface area contributed by atoms with E-state index in [-0.39, 0.29) is 48.1 Å². The molecule has 3 aromatic rings. The van der Waals surface area contributed by atoms with E-state index in [1.807, 2.05) is 17.2 Å². The van der Waals surface area contributed by atoms with Crippen molar-refractivity contribution < 1.29 is 23.8 Å². The fourth-order valence-electron chi connectivity index (χ4n) is 7.49. The number of nitrogens with zero attached hydrogens (tertiary/aromatic N) is 5. The highest BCUT2D eigenvalue weighted by atomic mass is 79.9. The Morgan fingerprint density at radius 1 is 1.25 bits per heavy atom. The Kier molecular flexibility index (Phi) is 5.98. The van der Waals surface area contributed by atoms with Crippen LogP contribution in [-0.4, -0.2) is 68.6 Å². The molecule has 2 saturated carbocycles. The SMILES string of the molecule is COC(=O)N1C(c2cc3c(SC)nc4c(F)c(Br)c(CCC#N)cc4c3n2[C@H]2[C@@H]3C[C@@H]2N(C(=O)O)C3)CC2CC21. The zero-order valence-electron chi connectivity index (χ0n) is 21.9. The lowest BCUT2D eigenvalue weighted by Gasteiger charge is -2.40. The van der Waals surface area contributed by atoms with Gasteiger partial charge in [0.25, 0.3) is 0 Å². The van der Waals surface area contributed by atoms with Gasteiger partial charge in [-0.3, -0.25) is 4.90 Å². The number of likely N-dealkylation sites (tertiary alicyclic amines) is 1. The highest BCUT2D eigenvalue weighted by Crippen LogP contribution is 2.58. The van der Waals surface area contributed by atoms with E-state index >= 15 is 4.39 Å². The molecule has 5 aliphatic rings. The summed E-state index contributed by atoms with van der Waals surface area (Å²) in [6.45, 7) is 0.451. The minimum absolute atomic E-state index is 0.122. The Morgan fingerprint density at radius 3 is 2.70 bits per heavy atom. The average molecular weight is 629 g/mol. The number of thioether (sulfide) groups is 1. The summed E-state index contributed by atoms with van der Waals surface area (Å²) in [5.74, 6) is 0.0568. The maximum absolute atomic E-state index is 15.9. The number of nitriles is 1. The molecule has 2 aromatic heterocycles. The van der Waals surface area contributed by atoms with Crippen molar-refractivity contribution in [3.8, 4) is 6.07 Å². The third kappa shape index (κ3) is 3.52. The van der Waals surface area contributed by atoms with Gasteiger partial charge in [-0.25, -0.2) is 19.0 Å². The van der Waals surface area contributed by atoms with Crippen LogP contribution in [0.25, 0.3) is 21.8 Å². The summed E-state index contributed by atoms with van der Waals surface area (Å²) in [6.07, 6.45) is 3.76. The highest BCUT2D eigenvalue weighted by molar-refractivity contribution is 9.10. The Labute approximate surface area is 242 Å². The number of carboxylic acid groups (broad SMARTS) is 1. The molecule has 2 amide bonds. The van der Waals surface area contributed by atoms with Crippen molar-refractivity contribution in [1.82, 2.24) is 19.4 Å². The molecule has 12 heteroatoms. The molecule has 3 saturated heterocycles.